The van der Waals surface area contributed by atoms with Gasteiger partial charge in [0.25, 0.3) is 5.91 Å². The van der Waals surface area contributed by atoms with E-state index in [9.17, 15) is 14.4 Å². The Kier molecular flexibility index (Phi) is 7.14. The molecule has 0 aliphatic heterocycles. The minimum atomic E-state index is -0.417. The van der Waals surface area contributed by atoms with Crippen LogP contribution in [0.5, 0.6) is 0 Å². The van der Waals surface area contributed by atoms with Gasteiger partial charge in [0.05, 0.1) is 0 Å². The first kappa shape index (κ1) is 18.6. The molecule has 8 heteroatoms. The molecule has 0 aliphatic carbocycles. The van der Waals surface area contributed by atoms with Crippen LogP contribution >= 0.6 is 12.2 Å². The summed E-state index contributed by atoms with van der Waals surface area (Å²) in [5.74, 6) is -0.605. The van der Waals surface area contributed by atoms with E-state index >= 15 is 0 Å². The largest absolute Gasteiger partial charge is 0.326 e. The van der Waals surface area contributed by atoms with Crippen molar-refractivity contribution in [2.45, 2.75) is 27.2 Å². The second-order valence-corrected chi connectivity index (χ2v) is 5.72. The van der Waals surface area contributed by atoms with Crippen LogP contribution in [-0.4, -0.2) is 22.8 Å². The van der Waals surface area contributed by atoms with Crippen molar-refractivity contribution in [3.63, 3.8) is 0 Å². The van der Waals surface area contributed by atoms with Gasteiger partial charge in [-0.1, -0.05) is 13.8 Å². The Labute approximate surface area is 140 Å². The SMILES string of the molecule is CC(=O)Nc1ccc(C(=O)NNC(=S)NC(=O)CC(C)C)cc1. The third kappa shape index (κ3) is 7.37. The molecule has 0 spiro atoms. The molecule has 1 rings (SSSR count). The minimum absolute atomic E-state index is 0.0267. The highest BCUT2D eigenvalue weighted by Gasteiger charge is 2.09. The number of carbonyl (C=O) groups excluding carboxylic acids is 3. The number of thiocarbonyl (C=S) groups is 1. The number of hydrazine groups is 1. The fraction of sp³-hybridized carbons (Fsp3) is 0.333. The number of rotatable bonds is 4. The maximum atomic E-state index is 11.9. The molecule has 0 heterocycles. The molecule has 0 aliphatic rings. The fourth-order valence-electron chi connectivity index (χ4n) is 1.67. The summed E-state index contributed by atoms with van der Waals surface area (Å²) < 4.78 is 0. The van der Waals surface area contributed by atoms with Gasteiger partial charge in [-0.2, -0.15) is 0 Å². The van der Waals surface area contributed by atoms with Crippen molar-refractivity contribution < 1.29 is 14.4 Å². The molecule has 0 atom stereocenters. The Morgan fingerprint density at radius 2 is 1.70 bits per heavy atom. The highest BCUT2D eigenvalue weighted by molar-refractivity contribution is 7.80. The first-order chi connectivity index (χ1) is 10.8. The van der Waals surface area contributed by atoms with Crippen molar-refractivity contribution in [3.05, 3.63) is 29.8 Å². The molecular weight excluding hydrogens is 316 g/mol. The summed E-state index contributed by atoms with van der Waals surface area (Å²) in [5.41, 5.74) is 5.82. The molecule has 4 N–H and O–H groups in total. The van der Waals surface area contributed by atoms with E-state index in [2.05, 4.69) is 21.5 Å². The first-order valence-electron chi connectivity index (χ1n) is 7.05. The molecule has 23 heavy (non-hydrogen) atoms. The molecule has 0 unspecified atom stereocenters. The van der Waals surface area contributed by atoms with E-state index in [0.29, 0.717) is 17.7 Å². The van der Waals surface area contributed by atoms with Crippen LogP contribution in [0, 0.1) is 5.92 Å². The normalized spacial score (nSPS) is 9.91. The van der Waals surface area contributed by atoms with Crippen molar-refractivity contribution in [1.29, 1.82) is 0 Å². The van der Waals surface area contributed by atoms with Crippen LogP contribution in [0.3, 0.4) is 0 Å². The van der Waals surface area contributed by atoms with Gasteiger partial charge in [0.2, 0.25) is 11.8 Å². The molecule has 7 nitrogen and oxygen atoms in total. The number of anilines is 1. The predicted molar refractivity (Wildman–Crippen MR) is 91.5 cm³/mol. The summed E-state index contributed by atoms with van der Waals surface area (Å²) in [6.07, 6.45) is 0.348. The van der Waals surface area contributed by atoms with Crippen molar-refractivity contribution in [2.75, 3.05) is 5.32 Å². The van der Waals surface area contributed by atoms with E-state index in [-0.39, 0.29) is 22.8 Å². The smallest absolute Gasteiger partial charge is 0.269 e. The highest BCUT2D eigenvalue weighted by atomic mass is 32.1. The first-order valence-corrected chi connectivity index (χ1v) is 7.46. The van der Waals surface area contributed by atoms with Crippen molar-refractivity contribution >= 4 is 40.7 Å². The molecule has 0 bridgehead atoms. The Morgan fingerprint density at radius 1 is 1.09 bits per heavy atom. The number of carbonyl (C=O) groups is 3. The summed E-state index contributed by atoms with van der Waals surface area (Å²) in [6.45, 7) is 5.24. The quantitative estimate of drug-likeness (QED) is 0.491. The minimum Gasteiger partial charge on any atom is -0.326 e. The van der Waals surface area contributed by atoms with Crippen molar-refractivity contribution in [2.24, 2.45) is 5.92 Å². The standard InChI is InChI=1S/C15H20N4O3S/c1-9(2)8-13(21)17-15(23)19-18-14(22)11-4-6-12(7-5-11)16-10(3)20/h4-7,9H,8H2,1-3H3,(H,16,20)(H,18,22)(H2,17,19,21,23). The van der Waals surface area contributed by atoms with Gasteiger partial charge >= 0.3 is 0 Å². The molecule has 0 saturated carbocycles. The topological polar surface area (TPSA) is 99.3 Å². The van der Waals surface area contributed by atoms with Crippen LogP contribution in [-0.2, 0) is 9.59 Å². The van der Waals surface area contributed by atoms with Gasteiger partial charge in [0.1, 0.15) is 0 Å². The lowest BCUT2D eigenvalue weighted by atomic mass is 10.1. The Morgan fingerprint density at radius 3 is 2.22 bits per heavy atom. The maximum Gasteiger partial charge on any atom is 0.269 e. The van der Waals surface area contributed by atoms with Crippen molar-refractivity contribution in [1.82, 2.24) is 16.2 Å². The lowest BCUT2D eigenvalue weighted by Gasteiger charge is -2.11. The van der Waals surface area contributed by atoms with Crippen LogP contribution in [0.2, 0.25) is 0 Å². The fourth-order valence-corrected chi connectivity index (χ4v) is 1.84. The number of hydrogen-bond acceptors (Lipinski definition) is 4. The summed E-state index contributed by atoms with van der Waals surface area (Å²) in [5, 5.41) is 5.10. The number of nitrogens with one attached hydrogen (secondary N) is 4. The molecule has 0 aromatic heterocycles. The zero-order valence-corrected chi connectivity index (χ0v) is 14.0. The van der Waals surface area contributed by atoms with Crippen molar-refractivity contribution in [3.8, 4) is 0 Å². The lowest BCUT2D eigenvalue weighted by Crippen LogP contribution is -2.48. The summed E-state index contributed by atoms with van der Waals surface area (Å²) in [7, 11) is 0. The third-order valence-corrected chi connectivity index (χ3v) is 2.81. The average Bonchev–Trinajstić information content (AvgIpc) is 2.44. The number of amides is 3. The monoisotopic (exact) mass is 336 g/mol. The second kappa shape index (κ2) is 8.84. The van der Waals surface area contributed by atoms with Gasteiger partial charge in [-0.3, -0.25) is 25.2 Å². The van der Waals surface area contributed by atoms with Gasteiger partial charge in [-0.25, -0.2) is 0 Å². The highest BCUT2D eigenvalue weighted by Crippen LogP contribution is 2.09. The zero-order chi connectivity index (χ0) is 17.4. The Bertz CT molecular complexity index is 599. The number of benzene rings is 1. The maximum absolute atomic E-state index is 11.9. The van der Waals surface area contributed by atoms with Crippen LogP contribution in [0.4, 0.5) is 5.69 Å². The zero-order valence-electron chi connectivity index (χ0n) is 13.2. The van der Waals surface area contributed by atoms with Crippen LogP contribution < -0.4 is 21.5 Å². The van der Waals surface area contributed by atoms with Gasteiger partial charge in [-0.05, 0) is 42.4 Å². The second-order valence-electron chi connectivity index (χ2n) is 5.31. The van der Waals surface area contributed by atoms with E-state index in [1.807, 2.05) is 13.8 Å². The molecule has 0 radical (unpaired) electrons. The van der Waals surface area contributed by atoms with Gasteiger partial charge < -0.3 is 10.6 Å². The van der Waals surface area contributed by atoms with Gasteiger partial charge in [0, 0.05) is 24.6 Å². The molecule has 1 aromatic rings. The van der Waals surface area contributed by atoms with Crippen LogP contribution in [0.25, 0.3) is 0 Å². The van der Waals surface area contributed by atoms with E-state index in [0.717, 1.165) is 0 Å². The molecule has 3 amide bonds. The van der Waals surface area contributed by atoms with Gasteiger partial charge in [-0.15, -0.1) is 0 Å². The average molecular weight is 336 g/mol. The van der Waals surface area contributed by atoms with Crippen LogP contribution in [0.15, 0.2) is 24.3 Å². The number of hydrogen-bond donors (Lipinski definition) is 4. The van der Waals surface area contributed by atoms with E-state index < -0.39 is 5.91 Å². The van der Waals surface area contributed by atoms with E-state index in [1.165, 1.54) is 6.92 Å². The summed E-state index contributed by atoms with van der Waals surface area (Å²) in [4.78, 5) is 34.3. The van der Waals surface area contributed by atoms with Gasteiger partial charge in [0.15, 0.2) is 5.11 Å². The molecule has 1 aromatic carbocycles. The molecule has 124 valence electrons. The molecular formula is C15H20N4O3S. The predicted octanol–water partition coefficient (Wildman–Crippen LogP) is 1.33. The Hall–Kier alpha value is -2.48. The molecule has 0 saturated heterocycles. The summed E-state index contributed by atoms with van der Waals surface area (Å²) in [6, 6.07) is 6.34. The Balaban J connectivity index is 2.45. The summed E-state index contributed by atoms with van der Waals surface area (Å²) >= 11 is 4.91. The van der Waals surface area contributed by atoms with E-state index in [4.69, 9.17) is 12.2 Å². The lowest BCUT2D eigenvalue weighted by molar-refractivity contribution is -0.120. The molecule has 0 fully saturated rings. The van der Waals surface area contributed by atoms with Crippen LogP contribution in [0.1, 0.15) is 37.6 Å². The van der Waals surface area contributed by atoms with E-state index in [1.54, 1.807) is 24.3 Å². The third-order valence-electron chi connectivity index (χ3n) is 2.60.